The molecule has 0 spiro atoms. The van der Waals surface area contributed by atoms with Gasteiger partial charge in [-0.15, -0.1) is 0 Å². The normalized spacial score (nSPS) is 11.8. The number of nitrogens with zero attached hydrogens (tertiary/aromatic N) is 1. The maximum atomic E-state index is 9.69. The van der Waals surface area contributed by atoms with Crippen molar-refractivity contribution in [1.29, 1.82) is 0 Å². The highest BCUT2D eigenvalue weighted by Gasteiger charge is 2.22. The van der Waals surface area contributed by atoms with E-state index in [0.717, 1.165) is 40.2 Å². The van der Waals surface area contributed by atoms with E-state index in [1.54, 1.807) is 7.11 Å². The van der Waals surface area contributed by atoms with Crippen LogP contribution in [-0.2, 0) is 11.8 Å². The Morgan fingerprint density at radius 3 is 2.38 bits per heavy atom. The average Bonchev–Trinajstić information content (AvgIpc) is 2.60. The molecule has 130 valence electrons. The topological polar surface area (TPSA) is 42.4 Å². The molecule has 0 unspecified atom stereocenters. The number of hydrogen-bond acceptors (Lipinski definition) is 3. The lowest BCUT2D eigenvalue weighted by molar-refractivity contribution is 0.218. The van der Waals surface area contributed by atoms with E-state index >= 15 is 0 Å². The summed E-state index contributed by atoms with van der Waals surface area (Å²) < 4.78 is 5.59. The molecular weight excluding hydrogens is 298 g/mol. The minimum absolute atomic E-state index is 0.101. The molecule has 0 aliphatic rings. The van der Waals surface area contributed by atoms with Crippen LogP contribution in [0, 0.1) is 0 Å². The van der Waals surface area contributed by atoms with Gasteiger partial charge in [0.15, 0.2) is 0 Å². The molecule has 24 heavy (non-hydrogen) atoms. The summed E-state index contributed by atoms with van der Waals surface area (Å²) in [6, 6.07) is 10.4. The summed E-state index contributed by atoms with van der Waals surface area (Å²) in [6.07, 6.45) is 0.868. The van der Waals surface area contributed by atoms with Crippen molar-refractivity contribution in [2.75, 3.05) is 13.7 Å². The quantitative estimate of drug-likeness (QED) is 0.835. The van der Waals surface area contributed by atoms with Gasteiger partial charge in [-0.2, -0.15) is 0 Å². The van der Waals surface area contributed by atoms with Crippen molar-refractivity contribution >= 4 is 0 Å². The minimum Gasteiger partial charge on any atom is -0.496 e. The number of hydrogen-bond donors (Lipinski definition) is 1. The van der Waals surface area contributed by atoms with Gasteiger partial charge in [0.25, 0.3) is 0 Å². The summed E-state index contributed by atoms with van der Waals surface area (Å²) in [5.41, 5.74) is 5.14. The largest absolute Gasteiger partial charge is 0.496 e. The maximum absolute atomic E-state index is 9.69. The van der Waals surface area contributed by atoms with Gasteiger partial charge in [0.1, 0.15) is 5.75 Å². The van der Waals surface area contributed by atoms with E-state index in [1.807, 2.05) is 26.0 Å². The number of benzene rings is 1. The molecule has 0 amide bonds. The maximum Gasteiger partial charge on any atom is 0.126 e. The highest BCUT2D eigenvalue weighted by molar-refractivity contribution is 5.73. The van der Waals surface area contributed by atoms with Gasteiger partial charge in [0, 0.05) is 27.9 Å². The van der Waals surface area contributed by atoms with Crippen LogP contribution >= 0.6 is 0 Å². The molecule has 2 aromatic rings. The molecule has 3 nitrogen and oxygen atoms in total. The monoisotopic (exact) mass is 327 g/mol. The number of rotatable bonds is 6. The minimum atomic E-state index is -0.293. The van der Waals surface area contributed by atoms with Gasteiger partial charge in [0.05, 0.1) is 13.7 Å². The van der Waals surface area contributed by atoms with Crippen LogP contribution in [0.25, 0.3) is 11.1 Å². The van der Waals surface area contributed by atoms with Crippen LogP contribution in [-0.4, -0.2) is 23.8 Å². The summed E-state index contributed by atoms with van der Waals surface area (Å²) in [5.74, 6) is 1.24. The predicted octanol–water partition coefficient (Wildman–Crippen LogP) is 4.71. The Balaban J connectivity index is 2.64. The second-order valence-electron chi connectivity index (χ2n) is 7.20. The first-order chi connectivity index (χ1) is 11.3. The lowest BCUT2D eigenvalue weighted by Crippen LogP contribution is -2.22. The fourth-order valence-electron chi connectivity index (χ4n) is 2.79. The molecule has 0 saturated heterocycles. The Hall–Kier alpha value is -1.87. The van der Waals surface area contributed by atoms with Crippen molar-refractivity contribution in [2.45, 2.75) is 52.4 Å². The zero-order valence-electron chi connectivity index (χ0n) is 15.7. The standard InChI is InChI=1S/C21H29NO2/c1-7-18-16(9-10-19(22-18)14(2)3)17-12-15(21(4,5)13-23)8-11-20(17)24-6/h8-12,14,23H,7,13H2,1-6H3. The van der Waals surface area contributed by atoms with Crippen molar-refractivity contribution in [3.05, 3.63) is 47.3 Å². The number of aliphatic hydroxyl groups excluding tert-OH is 1. The van der Waals surface area contributed by atoms with Crippen molar-refractivity contribution in [1.82, 2.24) is 4.98 Å². The first-order valence-corrected chi connectivity index (χ1v) is 8.63. The first-order valence-electron chi connectivity index (χ1n) is 8.63. The predicted molar refractivity (Wildman–Crippen MR) is 99.8 cm³/mol. The molecule has 1 aromatic heterocycles. The lowest BCUT2D eigenvalue weighted by Gasteiger charge is -2.24. The van der Waals surface area contributed by atoms with Gasteiger partial charge < -0.3 is 9.84 Å². The van der Waals surface area contributed by atoms with Gasteiger partial charge in [0.2, 0.25) is 0 Å². The number of pyridine rings is 1. The average molecular weight is 327 g/mol. The summed E-state index contributed by atoms with van der Waals surface area (Å²) >= 11 is 0. The van der Waals surface area contributed by atoms with Crippen LogP contribution < -0.4 is 4.74 Å². The highest BCUT2D eigenvalue weighted by atomic mass is 16.5. The van der Waals surface area contributed by atoms with Gasteiger partial charge in [-0.05, 0) is 36.1 Å². The Morgan fingerprint density at radius 1 is 1.12 bits per heavy atom. The SMILES string of the molecule is CCc1nc(C(C)C)ccc1-c1cc(C(C)(C)CO)ccc1OC. The molecule has 1 heterocycles. The molecule has 0 aliphatic carbocycles. The van der Waals surface area contributed by atoms with Crippen molar-refractivity contribution in [2.24, 2.45) is 0 Å². The second kappa shape index (κ2) is 7.35. The second-order valence-corrected chi connectivity index (χ2v) is 7.20. The van der Waals surface area contributed by atoms with Crippen molar-refractivity contribution in [3.63, 3.8) is 0 Å². The van der Waals surface area contributed by atoms with E-state index in [1.165, 1.54) is 0 Å². The van der Waals surface area contributed by atoms with E-state index in [-0.39, 0.29) is 12.0 Å². The lowest BCUT2D eigenvalue weighted by atomic mass is 9.83. The fourth-order valence-corrected chi connectivity index (χ4v) is 2.79. The van der Waals surface area contributed by atoms with Crippen LogP contribution in [0.5, 0.6) is 5.75 Å². The third-order valence-electron chi connectivity index (χ3n) is 4.59. The van der Waals surface area contributed by atoms with Crippen LogP contribution in [0.1, 0.15) is 57.5 Å². The number of aliphatic hydroxyl groups is 1. The van der Waals surface area contributed by atoms with Crippen molar-refractivity contribution in [3.8, 4) is 16.9 Å². The van der Waals surface area contributed by atoms with E-state index in [0.29, 0.717) is 5.92 Å². The molecule has 0 fully saturated rings. The van der Waals surface area contributed by atoms with Gasteiger partial charge in [-0.3, -0.25) is 4.98 Å². The number of methoxy groups -OCH3 is 1. The third kappa shape index (κ3) is 3.62. The van der Waals surface area contributed by atoms with E-state index in [2.05, 4.69) is 39.0 Å². The third-order valence-corrected chi connectivity index (χ3v) is 4.59. The summed E-state index contributed by atoms with van der Waals surface area (Å²) in [5, 5.41) is 9.69. The molecule has 0 radical (unpaired) electrons. The van der Waals surface area contributed by atoms with Crippen LogP contribution in [0.15, 0.2) is 30.3 Å². The number of ether oxygens (including phenoxy) is 1. The van der Waals surface area contributed by atoms with E-state index < -0.39 is 0 Å². The van der Waals surface area contributed by atoms with Gasteiger partial charge >= 0.3 is 0 Å². The van der Waals surface area contributed by atoms with E-state index in [9.17, 15) is 5.11 Å². The van der Waals surface area contributed by atoms with Crippen LogP contribution in [0.2, 0.25) is 0 Å². The Kier molecular flexibility index (Phi) is 5.66. The molecule has 0 aliphatic heterocycles. The van der Waals surface area contributed by atoms with Crippen molar-refractivity contribution < 1.29 is 9.84 Å². The molecule has 0 saturated carbocycles. The van der Waals surface area contributed by atoms with Gasteiger partial charge in [-0.1, -0.05) is 46.8 Å². The molecule has 2 rings (SSSR count). The smallest absolute Gasteiger partial charge is 0.126 e. The number of aryl methyl sites for hydroxylation is 1. The fraction of sp³-hybridized carbons (Fsp3) is 0.476. The summed E-state index contributed by atoms with van der Waals surface area (Å²) in [7, 11) is 1.69. The molecule has 1 aromatic carbocycles. The van der Waals surface area contributed by atoms with Gasteiger partial charge in [-0.25, -0.2) is 0 Å². The van der Waals surface area contributed by atoms with E-state index in [4.69, 9.17) is 9.72 Å². The van der Waals surface area contributed by atoms with Crippen LogP contribution in [0.4, 0.5) is 0 Å². The Labute approximate surface area is 145 Å². The first kappa shape index (κ1) is 18.5. The highest BCUT2D eigenvalue weighted by Crippen LogP contribution is 2.36. The molecule has 0 bridgehead atoms. The molecule has 1 N–H and O–H groups in total. The molecule has 3 heteroatoms. The number of aromatic nitrogens is 1. The zero-order chi connectivity index (χ0) is 17.9. The zero-order valence-corrected chi connectivity index (χ0v) is 15.7. The molecule has 0 atom stereocenters. The summed E-state index contributed by atoms with van der Waals surface area (Å²) in [6.45, 7) is 10.6. The van der Waals surface area contributed by atoms with Crippen LogP contribution in [0.3, 0.4) is 0 Å². The Morgan fingerprint density at radius 2 is 1.83 bits per heavy atom. The molecular formula is C21H29NO2. The summed E-state index contributed by atoms with van der Waals surface area (Å²) in [4.78, 5) is 4.85. The Bertz CT molecular complexity index is 705.